The number of hydrogen-bond donors (Lipinski definition) is 1. The summed E-state index contributed by atoms with van der Waals surface area (Å²) >= 11 is 1.44. The molecule has 29 heavy (non-hydrogen) atoms. The van der Waals surface area contributed by atoms with E-state index in [0.29, 0.717) is 29.3 Å². The first-order chi connectivity index (χ1) is 13.7. The number of carbonyl (C=O) groups excluding carboxylic acids is 1. The first kappa shape index (κ1) is 19.6. The minimum Gasteiger partial charge on any atom is -0.298 e. The fourth-order valence-electron chi connectivity index (χ4n) is 3.46. The number of carbonyl (C=O) groups is 1. The highest BCUT2D eigenvalue weighted by Gasteiger charge is 2.27. The van der Waals surface area contributed by atoms with E-state index in [-0.39, 0.29) is 5.91 Å². The van der Waals surface area contributed by atoms with Crippen LogP contribution in [0, 0.1) is 13.8 Å². The van der Waals surface area contributed by atoms with Gasteiger partial charge in [-0.15, -0.1) is 11.3 Å². The fourth-order valence-corrected chi connectivity index (χ4v) is 5.24. The van der Waals surface area contributed by atoms with Crippen LogP contribution in [0.15, 0.2) is 42.5 Å². The molecule has 6 nitrogen and oxygen atoms in total. The molecule has 1 N–H and O–H groups in total. The maximum absolute atomic E-state index is 12.7. The van der Waals surface area contributed by atoms with E-state index in [1.54, 1.807) is 18.2 Å². The highest BCUT2D eigenvalue weighted by molar-refractivity contribution is 7.92. The number of amides is 1. The summed E-state index contributed by atoms with van der Waals surface area (Å²) in [7, 11) is -3.30. The maximum Gasteiger partial charge on any atom is 0.257 e. The van der Waals surface area contributed by atoms with Gasteiger partial charge in [-0.25, -0.2) is 13.4 Å². The number of anilines is 2. The van der Waals surface area contributed by atoms with Crippen molar-refractivity contribution in [1.82, 2.24) is 4.98 Å². The maximum atomic E-state index is 12.7. The Bertz CT molecular complexity index is 1200. The summed E-state index contributed by atoms with van der Waals surface area (Å²) < 4.78 is 25.1. The molecule has 4 rings (SSSR count). The summed E-state index contributed by atoms with van der Waals surface area (Å²) in [5.74, 6) is -0.255. The number of thiazole rings is 1. The Balaban J connectivity index is 1.55. The number of nitrogens with zero attached hydrogens (tertiary/aromatic N) is 2. The van der Waals surface area contributed by atoms with Gasteiger partial charge in [0.05, 0.1) is 17.6 Å². The summed E-state index contributed by atoms with van der Waals surface area (Å²) in [5.41, 5.74) is 5.06. The minimum absolute atomic E-state index is 0.255. The Labute approximate surface area is 174 Å². The second-order valence-corrected chi connectivity index (χ2v) is 10.3. The predicted octanol–water partition coefficient (Wildman–Crippen LogP) is 4.00. The predicted molar refractivity (Wildman–Crippen MR) is 117 cm³/mol. The van der Waals surface area contributed by atoms with Gasteiger partial charge in [0.15, 0.2) is 5.13 Å². The van der Waals surface area contributed by atoms with Crippen molar-refractivity contribution in [2.75, 3.05) is 22.4 Å². The molecule has 0 spiro atoms. The van der Waals surface area contributed by atoms with Crippen LogP contribution in [0.3, 0.4) is 0 Å². The van der Waals surface area contributed by atoms with Gasteiger partial charge in [0, 0.05) is 22.5 Å². The van der Waals surface area contributed by atoms with Gasteiger partial charge >= 0.3 is 0 Å². The Morgan fingerprint density at radius 1 is 1.14 bits per heavy atom. The lowest BCUT2D eigenvalue weighted by atomic mass is 10.1. The third-order valence-electron chi connectivity index (χ3n) is 4.94. The lowest BCUT2D eigenvalue weighted by Crippen LogP contribution is -2.27. The summed E-state index contributed by atoms with van der Waals surface area (Å²) in [6.07, 6.45) is 1.79. The van der Waals surface area contributed by atoms with Crippen LogP contribution in [0.4, 0.5) is 10.8 Å². The zero-order valence-electron chi connectivity index (χ0n) is 16.4. The Morgan fingerprint density at radius 2 is 1.86 bits per heavy atom. The molecule has 2 heterocycles. The van der Waals surface area contributed by atoms with E-state index in [1.165, 1.54) is 27.5 Å². The van der Waals surface area contributed by atoms with E-state index >= 15 is 0 Å². The van der Waals surface area contributed by atoms with Gasteiger partial charge in [0.1, 0.15) is 0 Å². The first-order valence-electron chi connectivity index (χ1n) is 9.19. The number of rotatable bonds is 4. The molecule has 3 aromatic rings. The minimum atomic E-state index is -3.30. The highest BCUT2D eigenvalue weighted by Crippen LogP contribution is 2.32. The molecule has 1 aliphatic heterocycles. The van der Waals surface area contributed by atoms with Crippen molar-refractivity contribution < 1.29 is 13.2 Å². The highest BCUT2D eigenvalue weighted by atomic mass is 32.2. The van der Waals surface area contributed by atoms with Crippen molar-refractivity contribution in [3.05, 3.63) is 64.0 Å². The summed E-state index contributed by atoms with van der Waals surface area (Å²) in [6, 6.07) is 13.2. The third kappa shape index (κ3) is 3.90. The zero-order chi connectivity index (χ0) is 20.8. The van der Waals surface area contributed by atoms with Crippen LogP contribution in [0.25, 0.3) is 11.3 Å². The quantitative estimate of drug-likeness (QED) is 0.683. The van der Waals surface area contributed by atoms with E-state index in [4.69, 9.17) is 0 Å². The van der Waals surface area contributed by atoms with Crippen molar-refractivity contribution in [1.29, 1.82) is 0 Å². The van der Waals surface area contributed by atoms with Crippen molar-refractivity contribution in [2.45, 2.75) is 20.3 Å². The molecule has 0 unspecified atom stereocenters. The van der Waals surface area contributed by atoms with Gasteiger partial charge in [0.25, 0.3) is 5.91 Å². The summed E-state index contributed by atoms with van der Waals surface area (Å²) in [5, 5.41) is 3.41. The van der Waals surface area contributed by atoms with Gasteiger partial charge in [-0.1, -0.05) is 29.8 Å². The summed E-state index contributed by atoms with van der Waals surface area (Å²) in [4.78, 5) is 18.3. The molecule has 2 aromatic carbocycles. The molecule has 1 amide bonds. The molecule has 0 saturated heterocycles. The number of fused-ring (bicyclic) bond motifs is 1. The zero-order valence-corrected chi connectivity index (χ0v) is 18.0. The molecule has 150 valence electrons. The van der Waals surface area contributed by atoms with Crippen LogP contribution in [0.5, 0.6) is 0 Å². The van der Waals surface area contributed by atoms with Gasteiger partial charge in [-0.05, 0) is 44.0 Å². The molecule has 1 aromatic heterocycles. The number of hydrogen-bond acceptors (Lipinski definition) is 5. The lowest BCUT2D eigenvalue weighted by Gasteiger charge is -2.16. The molecule has 0 atom stereocenters. The van der Waals surface area contributed by atoms with E-state index < -0.39 is 10.0 Å². The van der Waals surface area contributed by atoms with E-state index in [1.807, 2.05) is 38.1 Å². The first-order valence-corrected chi connectivity index (χ1v) is 11.9. The van der Waals surface area contributed by atoms with Crippen LogP contribution in [-0.2, 0) is 16.4 Å². The molecule has 0 fully saturated rings. The Hall–Kier alpha value is -2.71. The molecule has 0 aliphatic carbocycles. The number of benzene rings is 2. The van der Waals surface area contributed by atoms with Gasteiger partial charge in [0.2, 0.25) is 10.0 Å². The van der Waals surface area contributed by atoms with Crippen LogP contribution in [0.1, 0.15) is 26.4 Å². The number of nitrogens with one attached hydrogen (secondary N) is 1. The monoisotopic (exact) mass is 427 g/mol. The normalized spacial score (nSPS) is 13.4. The molecule has 1 aliphatic rings. The number of sulfonamides is 1. The van der Waals surface area contributed by atoms with E-state index in [9.17, 15) is 13.2 Å². The smallest absolute Gasteiger partial charge is 0.257 e. The topological polar surface area (TPSA) is 79.4 Å². The van der Waals surface area contributed by atoms with Crippen LogP contribution in [-0.4, -0.2) is 32.1 Å². The SMILES string of the molecule is Cc1ccc(-c2nc(NC(=O)c3ccc4c(c3)CCN4S(C)(=O)=O)sc2C)cc1. The second kappa shape index (κ2) is 7.27. The molecular formula is C21H21N3O3S2. The van der Waals surface area contributed by atoms with Crippen molar-refractivity contribution in [3.63, 3.8) is 0 Å². The molecular weight excluding hydrogens is 406 g/mol. The Morgan fingerprint density at radius 3 is 2.55 bits per heavy atom. The second-order valence-electron chi connectivity index (χ2n) is 7.17. The Kier molecular flexibility index (Phi) is 4.92. The van der Waals surface area contributed by atoms with Crippen molar-refractivity contribution in [2.24, 2.45) is 0 Å². The molecule has 8 heteroatoms. The number of aryl methyl sites for hydroxylation is 2. The fraction of sp³-hybridized carbons (Fsp3) is 0.238. The average molecular weight is 428 g/mol. The largest absolute Gasteiger partial charge is 0.298 e. The average Bonchev–Trinajstić information content (AvgIpc) is 3.25. The van der Waals surface area contributed by atoms with Crippen LogP contribution >= 0.6 is 11.3 Å². The number of aromatic nitrogens is 1. The standard InChI is InChI=1S/C21H21N3O3S2/c1-13-4-6-15(7-5-13)19-14(2)28-21(22-19)23-20(25)17-8-9-18-16(12-17)10-11-24(18)29(3,26)27/h4-9,12H,10-11H2,1-3H3,(H,22,23,25). The van der Waals surface area contributed by atoms with E-state index in [2.05, 4.69) is 10.3 Å². The van der Waals surface area contributed by atoms with Crippen LogP contribution < -0.4 is 9.62 Å². The lowest BCUT2D eigenvalue weighted by molar-refractivity contribution is 0.102. The van der Waals surface area contributed by atoms with Gasteiger partial charge in [-0.3, -0.25) is 14.4 Å². The van der Waals surface area contributed by atoms with Crippen LogP contribution in [0.2, 0.25) is 0 Å². The van der Waals surface area contributed by atoms with E-state index in [0.717, 1.165) is 21.7 Å². The molecule has 0 radical (unpaired) electrons. The van der Waals surface area contributed by atoms with Gasteiger partial charge < -0.3 is 0 Å². The summed E-state index contributed by atoms with van der Waals surface area (Å²) in [6.45, 7) is 4.43. The van der Waals surface area contributed by atoms with Crippen molar-refractivity contribution >= 4 is 38.1 Å². The van der Waals surface area contributed by atoms with Gasteiger partial charge in [-0.2, -0.15) is 0 Å². The van der Waals surface area contributed by atoms with Crippen molar-refractivity contribution in [3.8, 4) is 11.3 Å². The molecule has 0 saturated carbocycles. The third-order valence-corrected chi connectivity index (χ3v) is 7.00. The molecule has 0 bridgehead atoms.